The van der Waals surface area contributed by atoms with Crippen LogP contribution < -0.4 is 0 Å². The van der Waals surface area contributed by atoms with Crippen molar-refractivity contribution in [3.8, 4) is 0 Å². The average molecular weight is 216 g/mol. The molecule has 0 atom stereocenters. The number of carbonyl (C=O) groups is 2. The Labute approximate surface area is 89.0 Å². The zero-order chi connectivity index (χ0) is 11.8. The van der Waals surface area contributed by atoms with E-state index in [0.717, 1.165) is 0 Å². The van der Waals surface area contributed by atoms with E-state index in [1.807, 2.05) is 0 Å². The highest BCUT2D eigenvalue weighted by Crippen LogP contribution is 2.09. The van der Waals surface area contributed by atoms with Crippen LogP contribution in [-0.4, -0.2) is 32.3 Å². The molecule has 0 fully saturated rings. The smallest absolute Gasteiger partial charge is 0.374 e. The van der Waals surface area contributed by atoms with Crippen molar-refractivity contribution in [1.82, 2.24) is 0 Å². The van der Waals surface area contributed by atoms with Crippen molar-refractivity contribution in [1.29, 1.82) is 0 Å². The van der Waals surface area contributed by atoms with Gasteiger partial charge in [-0.3, -0.25) is 0 Å². The molecule has 0 aromatic heterocycles. The Hall–Kier alpha value is -1.52. The van der Waals surface area contributed by atoms with Gasteiger partial charge in [-0.2, -0.15) is 0 Å². The Balaban J connectivity index is 4.80. The molecular formula is C10H16O5. The Morgan fingerprint density at radius 1 is 1.00 bits per heavy atom. The van der Waals surface area contributed by atoms with Gasteiger partial charge < -0.3 is 14.2 Å². The summed E-state index contributed by atoms with van der Waals surface area (Å²) in [4.78, 5) is 22.6. The lowest BCUT2D eigenvalue weighted by Gasteiger charge is -2.08. The highest BCUT2D eigenvalue weighted by Gasteiger charge is 2.20. The zero-order valence-corrected chi connectivity index (χ0v) is 9.46. The van der Waals surface area contributed by atoms with E-state index in [9.17, 15) is 9.59 Å². The molecule has 0 heterocycles. The van der Waals surface area contributed by atoms with Crippen LogP contribution in [0.25, 0.3) is 0 Å². The predicted octanol–water partition coefficient (Wildman–Crippen LogP) is 1.03. The van der Waals surface area contributed by atoms with Gasteiger partial charge in [0, 0.05) is 0 Å². The molecule has 0 aliphatic heterocycles. The molecule has 0 aromatic rings. The van der Waals surface area contributed by atoms with Crippen molar-refractivity contribution in [2.24, 2.45) is 0 Å². The maximum Gasteiger partial charge on any atom is 0.374 e. The molecule has 0 aliphatic rings. The molecule has 0 rings (SSSR count). The van der Waals surface area contributed by atoms with Crippen molar-refractivity contribution in [2.45, 2.75) is 20.8 Å². The SMILES string of the molecule is CCOC(=O)/C(C)=C(/OC)C(=O)OCC. The van der Waals surface area contributed by atoms with Crippen LogP contribution in [-0.2, 0) is 23.8 Å². The molecule has 0 bridgehead atoms. The topological polar surface area (TPSA) is 61.8 Å². The summed E-state index contributed by atoms with van der Waals surface area (Å²) in [6, 6.07) is 0. The molecule has 0 saturated heterocycles. The van der Waals surface area contributed by atoms with E-state index in [1.54, 1.807) is 13.8 Å². The fourth-order valence-electron chi connectivity index (χ4n) is 0.918. The van der Waals surface area contributed by atoms with Crippen LogP contribution >= 0.6 is 0 Å². The van der Waals surface area contributed by atoms with E-state index >= 15 is 0 Å². The number of rotatable bonds is 5. The van der Waals surface area contributed by atoms with E-state index in [-0.39, 0.29) is 24.5 Å². The first-order valence-electron chi connectivity index (χ1n) is 4.67. The van der Waals surface area contributed by atoms with Gasteiger partial charge in [-0.1, -0.05) is 0 Å². The third kappa shape index (κ3) is 4.01. The molecule has 5 nitrogen and oxygen atoms in total. The number of carbonyl (C=O) groups excluding carboxylic acids is 2. The van der Waals surface area contributed by atoms with Gasteiger partial charge in [0.25, 0.3) is 0 Å². The predicted molar refractivity (Wildman–Crippen MR) is 53.0 cm³/mol. The summed E-state index contributed by atoms with van der Waals surface area (Å²) in [6.07, 6.45) is 0. The fraction of sp³-hybridized carbons (Fsp3) is 0.600. The van der Waals surface area contributed by atoms with Crippen molar-refractivity contribution >= 4 is 11.9 Å². The van der Waals surface area contributed by atoms with Gasteiger partial charge in [0.2, 0.25) is 5.76 Å². The number of esters is 2. The Kier molecular flexibility index (Phi) is 6.17. The molecule has 0 unspecified atom stereocenters. The lowest BCUT2D eigenvalue weighted by atomic mass is 10.2. The monoisotopic (exact) mass is 216 g/mol. The Bertz CT molecular complexity index is 267. The minimum Gasteiger partial charge on any atom is -0.490 e. The second-order valence-corrected chi connectivity index (χ2v) is 2.60. The van der Waals surface area contributed by atoms with E-state index in [2.05, 4.69) is 0 Å². The van der Waals surface area contributed by atoms with Crippen LogP contribution in [0.3, 0.4) is 0 Å². The minimum absolute atomic E-state index is 0.109. The van der Waals surface area contributed by atoms with Crippen LogP contribution in [0.4, 0.5) is 0 Å². The number of hydrogen-bond acceptors (Lipinski definition) is 5. The van der Waals surface area contributed by atoms with Crippen molar-refractivity contribution < 1.29 is 23.8 Å². The lowest BCUT2D eigenvalue weighted by Crippen LogP contribution is -2.16. The summed E-state index contributed by atoms with van der Waals surface area (Å²) in [5.41, 5.74) is 0.109. The quantitative estimate of drug-likeness (QED) is 0.390. The van der Waals surface area contributed by atoms with Crippen LogP contribution in [0.1, 0.15) is 20.8 Å². The fourth-order valence-corrected chi connectivity index (χ4v) is 0.918. The van der Waals surface area contributed by atoms with E-state index < -0.39 is 11.9 Å². The maximum absolute atomic E-state index is 11.3. The lowest BCUT2D eigenvalue weighted by molar-refractivity contribution is -0.144. The molecule has 86 valence electrons. The average Bonchev–Trinajstić information content (AvgIpc) is 2.19. The Morgan fingerprint density at radius 2 is 1.47 bits per heavy atom. The van der Waals surface area contributed by atoms with Crippen LogP contribution in [0.15, 0.2) is 11.3 Å². The minimum atomic E-state index is -0.662. The zero-order valence-electron chi connectivity index (χ0n) is 9.46. The van der Waals surface area contributed by atoms with E-state index in [1.165, 1.54) is 14.0 Å². The van der Waals surface area contributed by atoms with Crippen molar-refractivity contribution in [2.75, 3.05) is 20.3 Å². The summed E-state index contributed by atoms with van der Waals surface area (Å²) < 4.78 is 14.2. The first kappa shape index (κ1) is 13.5. The van der Waals surface area contributed by atoms with Crippen LogP contribution in [0.5, 0.6) is 0 Å². The molecule has 0 aliphatic carbocycles. The van der Waals surface area contributed by atoms with Gasteiger partial charge in [-0.05, 0) is 20.8 Å². The Morgan fingerprint density at radius 3 is 1.87 bits per heavy atom. The second-order valence-electron chi connectivity index (χ2n) is 2.60. The summed E-state index contributed by atoms with van der Waals surface area (Å²) in [7, 11) is 1.30. The highest BCUT2D eigenvalue weighted by molar-refractivity contribution is 5.98. The van der Waals surface area contributed by atoms with Crippen LogP contribution in [0, 0.1) is 0 Å². The summed E-state index contributed by atoms with van der Waals surface area (Å²) in [5.74, 6) is -1.36. The van der Waals surface area contributed by atoms with Gasteiger partial charge >= 0.3 is 11.9 Å². The molecular weight excluding hydrogens is 200 g/mol. The molecule has 0 saturated carbocycles. The number of methoxy groups -OCH3 is 1. The van der Waals surface area contributed by atoms with Crippen molar-refractivity contribution in [3.63, 3.8) is 0 Å². The number of hydrogen-bond donors (Lipinski definition) is 0. The first-order chi connectivity index (χ1) is 7.08. The molecule has 15 heavy (non-hydrogen) atoms. The standard InChI is InChI=1S/C10H16O5/c1-5-14-9(11)7(3)8(13-4)10(12)15-6-2/h5-6H2,1-4H3/b8-7+. The van der Waals surface area contributed by atoms with Gasteiger partial charge in [0.15, 0.2) is 0 Å². The normalized spacial score (nSPS) is 11.5. The van der Waals surface area contributed by atoms with Gasteiger partial charge in [0.1, 0.15) is 0 Å². The second kappa shape index (κ2) is 6.86. The molecule has 0 radical (unpaired) electrons. The van der Waals surface area contributed by atoms with E-state index in [0.29, 0.717) is 0 Å². The van der Waals surface area contributed by atoms with E-state index in [4.69, 9.17) is 14.2 Å². The van der Waals surface area contributed by atoms with Crippen LogP contribution in [0.2, 0.25) is 0 Å². The van der Waals surface area contributed by atoms with Gasteiger partial charge in [0.05, 0.1) is 25.9 Å². The molecule has 0 aromatic carbocycles. The third-order valence-electron chi connectivity index (χ3n) is 1.59. The maximum atomic E-state index is 11.3. The highest BCUT2D eigenvalue weighted by atomic mass is 16.6. The van der Waals surface area contributed by atoms with Crippen molar-refractivity contribution in [3.05, 3.63) is 11.3 Å². The molecule has 0 amide bonds. The van der Waals surface area contributed by atoms with Gasteiger partial charge in [-0.25, -0.2) is 9.59 Å². The molecule has 0 N–H and O–H groups in total. The molecule has 0 spiro atoms. The summed E-state index contributed by atoms with van der Waals surface area (Å²) in [5, 5.41) is 0. The third-order valence-corrected chi connectivity index (χ3v) is 1.59. The number of ether oxygens (including phenoxy) is 3. The van der Waals surface area contributed by atoms with Gasteiger partial charge in [-0.15, -0.1) is 0 Å². The summed E-state index contributed by atoms with van der Waals surface area (Å²) in [6.45, 7) is 5.28. The largest absolute Gasteiger partial charge is 0.490 e. The molecule has 5 heteroatoms. The summed E-state index contributed by atoms with van der Waals surface area (Å²) >= 11 is 0. The first-order valence-corrected chi connectivity index (χ1v) is 4.67.